The molecule has 33 heavy (non-hydrogen) atoms. The number of aromatic nitrogens is 2. The molecular formula is C23H25ClFN5O3. The van der Waals surface area contributed by atoms with Gasteiger partial charge >= 0.3 is 0 Å². The average molecular weight is 474 g/mol. The van der Waals surface area contributed by atoms with E-state index in [4.69, 9.17) is 19.5 Å². The lowest BCUT2D eigenvalue weighted by molar-refractivity contribution is 0.0357. The van der Waals surface area contributed by atoms with Crippen LogP contribution in [0, 0.1) is 17.1 Å². The maximum absolute atomic E-state index is 14.1. The average Bonchev–Trinajstić information content (AvgIpc) is 2.83. The molecule has 10 heteroatoms. The van der Waals surface area contributed by atoms with Crippen LogP contribution >= 0.6 is 12.4 Å². The third-order valence-electron chi connectivity index (χ3n) is 5.14. The molecule has 0 amide bonds. The maximum atomic E-state index is 14.1. The second-order valence-electron chi connectivity index (χ2n) is 7.31. The Morgan fingerprint density at radius 3 is 2.76 bits per heavy atom. The van der Waals surface area contributed by atoms with Gasteiger partial charge in [0.25, 0.3) is 0 Å². The SMILES string of the molecule is Cl.N#Cc1ccc(NCOc2cc3cncnc3cc2OCCCN2CCOCC2)c(F)c1. The summed E-state index contributed by atoms with van der Waals surface area (Å²) in [5, 5.41) is 12.6. The lowest BCUT2D eigenvalue weighted by Gasteiger charge is -2.26. The van der Waals surface area contributed by atoms with Gasteiger partial charge in [0.2, 0.25) is 0 Å². The summed E-state index contributed by atoms with van der Waals surface area (Å²) in [6.45, 7) is 4.92. The molecule has 4 rings (SSSR count). The van der Waals surface area contributed by atoms with Crippen molar-refractivity contribution < 1.29 is 18.6 Å². The van der Waals surface area contributed by atoms with Crippen molar-refractivity contribution in [3.05, 3.63) is 54.2 Å². The second kappa shape index (κ2) is 12.2. The third-order valence-corrected chi connectivity index (χ3v) is 5.14. The quantitative estimate of drug-likeness (QED) is 0.372. The van der Waals surface area contributed by atoms with Gasteiger partial charge in [-0.25, -0.2) is 14.4 Å². The number of fused-ring (bicyclic) bond motifs is 1. The van der Waals surface area contributed by atoms with E-state index in [0.717, 1.165) is 50.2 Å². The summed E-state index contributed by atoms with van der Waals surface area (Å²) in [7, 11) is 0. The summed E-state index contributed by atoms with van der Waals surface area (Å²) in [5.74, 6) is 0.569. The van der Waals surface area contributed by atoms with Gasteiger partial charge < -0.3 is 19.5 Å². The van der Waals surface area contributed by atoms with Crippen LogP contribution in [-0.2, 0) is 4.74 Å². The molecule has 2 aromatic carbocycles. The fraction of sp³-hybridized carbons (Fsp3) is 0.348. The minimum absolute atomic E-state index is 0. The van der Waals surface area contributed by atoms with Gasteiger partial charge in [-0.2, -0.15) is 5.26 Å². The Morgan fingerprint density at radius 1 is 1.15 bits per heavy atom. The van der Waals surface area contributed by atoms with Crippen LogP contribution in [0.5, 0.6) is 11.5 Å². The van der Waals surface area contributed by atoms with E-state index >= 15 is 0 Å². The van der Waals surface area contributed by atoms with Crippen LogP contribution in [0.2, 0.25) is 0 Å². The zero-order chi connectivity index (χ0) is 22.2. The highest BCUT2D eigenvalue weighted by molar-refractivity contribution is 5.85. The molecule has 1 N–H and O–H groups in total. The molecule has 2 heterocycles. The standard InChI is InChI=1S/C23H24FN5O3.ClH/c24-19-10-17(13-25)2-3-20(19)28-16-32-22-11-18-14-26-15-27-21(18)12-23(22)31-7-1-4-29-5-8-30-9-6-29;/h2-3,10-12,14-15,28H,1,4-9,16H2;1H. The Labute approximate surface area is 197 Å². The Bertz CT molecular complexity index is 1110. The van der Waals surface area contributed by atoms with Gasteiger partial charge in [-0.05, 0) is 30.7 Å². The van der Waals surface area contributed by atoms with E-state index in [1.54, 1.807) is 12.3 Å². The van der Waals surface area contributed by atoms with Crippen molar-refractivity contribution in [3.63, 3.8) is 0 Å². The van der Waals surface area contributed by atoms with Gasteiger partial charge in [0.15, 0.2) is 18.2 Å². The number of halogens is 2. The fourth-order valence-electron chi connectivity index (χ4n) is 3.43. The van der Waals surface area contributed by atoms with Gasteiger partial charge in [-0.15, -0.1) is 12.4 Å². The number of morpholine rings is 1. The lowest BCUT2D eigenvalue weighted by Crippen LogP contribution is -2.37. The predicted molar refractivity (Wildman–Crippen MR) is 124 cm³/mol. The first-order chi connectivity index (χ1) is 15.7. The molecule has 0 unspecified atom stereocenters. The van der Waals surface area contributed by atoms with E-state index < -0.39 is 5.82 Å². The zero-order valence-electron chi connectivity index (χ0n) is 18.0. The van der Waals surface area contributed by atoms with Crippen molar-refractivity contribution in [2.45, 2.75) is 6.42 Å². The van der Waals surface area contributed by atoms with Crippen molar-refractivity contribution >= 4 is 29.0 Å². The first-order valence-corrected chi connectivity index (χ1v) is 10.5. The van der Waals surface area contributed by atoms with Gasteiger partial charge in [0.05, 0.1) is 42.7 Å². The number of nitrogens with zero attached hydrogens (tertiary/aromatic N) is 4. The number of rotatable bonds is 9. The van der Waals surface area contributed by atoms with E-state index in [1.807, 2.05) is 18.2 Å². The highest BCUT2D eigenvalue weighted by atomic mass is 35.5. The Kier molecular flexibility index (Phi) is 9.01. The van der Waals surface area contributed by atoms with Gasteiger partial charge in [-0.3, -0.25) is 4.90 Å². The van der Waals surface area contributed by atoms with Crippen molar-refractivity contribution in [1.82, 2.24) is 14.9 Å². The molecule has 0 spiro atoms. The van der Waals surface area contributed by atoms with E-state index in [1.165, 1.54) is 18.5 Å². The topological polar surface area (TPSA) is 92.5 Å². The first-order valence-electron chi connectivity index (χ1n) is 10.5. The van der Waals surface area contributed by atoms with Crippen LogP contribution in [-0.4, -0.2) is 61.1 Å². The predicted octanol–water partition coefficient (Wildman–Crippen LogP) is 3.61. The summed E-state index contributed by atoms with van der Waals surface area (Å²) >= 11 is 0. The van der Waals surface area contributed by atoms with E-state index in [-0.39, 0.29) is 30.4 Å². The van der Waals surface area contributed by atoms with Crippen LogP contribution in [0.4, 0.5) is 10.1 Å². The van der Waals surface area contributed by atoms with Crippen LogP contribution in [0.25, 0.3) is 10.9 Å². The van der Waals surface area contributed by atoms with Crippen LogP contribution in [0.15, 0.2) is 42.9 Å². The number of anilines is 1. The third kappa shape index (κ3) is 6.65. The minimum atomic E-state index is -0.515. The largest absolute Gasteiger partial charge is 0.490 e. The Hall–Kier alpha value is -3.19. The van der Waals surface area contributed by atoms with E-state index in [0.29, 0.717) is 18.1 Å². The Morgan fingerprint density at radius 2 is 1.97 bits per heavy atom. The molecule has 8 nitrogen and oxygen atoms in total. The number of hydrogen-bond acceptors (Lipinski definition) is 8. The van der Waals surface area contributed by atoms with E-state index in [9.17, 15) is 4.39 Å². The van der Waals surface area contributed by atoms with Crippen molar-refractivity contribution in [1.29, 1.82) is 5.26 Å². The number of benzene rings is 2. The van der Waals surface area contributed by atoms with Crippen molar-refractivity contribution in [3.8, 4) is 17.6 Å². The number of ether oxygens (including phenoxy) is 3. The smallest absolute Gasteiger partial charge is 0.164 e. The summed E-state index contributed by atoms with van der Waals surface area (Å²) in [6, 6.07) is 9.77. The molecule has 174 valence electrons. The van der Waals surface area contributed by atoms with Crippen LogP contribution in [0.1, 0.15) is 12.0 Å². The highest BCUT2D eigenvalue weighted by Crippen LogP contribution is 2.32. The Balaban J connectivity index is 0.00000306. The van der Waals surface area contributed by atoms with E-state index in [2.05, 4.69) is 20.2 Å². The minimum Gasteiger partial charge on any atom is -0.490 e. The molecule has 0 radical (unpaired) electrons. The number of nitriles is 1. The molecule has 0 atom stereocenters. The van der Waals surface area contributed by atoms with Gasteiger partial charge in [0, 0.05) is 37.3 Å². The summed E-state index contributed by atoms with van der Waals surface area (Å²) in [4.78, 5) is 10.7. The van der Waals surface area contributed by atoms with Gasteiger partial charge in [-0.1, -0.05) is 0 Å². The number of hydrogen-bond donors (Lipinski definition) is 1. The fourth-order valence-corrected chi connectivity index (χ4v) is 3.43. The monoisotopic (exact) mass is 473 g/mol. The molecule has 0 bridgehead atoms. The van der Waals surface area contributed by atoms with Gasteiger partial charge in [0.1, 0.15) is 12.1 Å². The molecule has 1 fully saturated rings. The molecule has 0 saturated carbocycles. The normalized spacial score (nSPS) is 13.7. The zero-order valence-corrected chi connectivity index (χ0v) is 18.8. The second-order valence-corrected chi connectivity index (χ2v) is 7.31. The highest BCUT2D eigenvalue weighted by Gasteiger charge is 2.12. The molecule has 1 aromatic heterocycles. The van der Waals surface area contributed by atoms with Crippen molar-refractivity contribution in [2.24, 2.45) is 0 Å². The van der Waals surface area contributed by atoms with Crippen LogP contribution < -0.4 is 14.8 Å². The molecule has 1 aliphatic rings. The molecule has 1 saturated heterocycles. The first kappa shape index (κ1) is 24.5. The molecular weight excluding hydrogens is 449 g/mol. The molecule has 0 aliphatic carbocycles. The summed E-state index contributed by atoms with van der Waals surface area (Å²) in [6.07, 6.45) is 4.06. The summed E-state index contributed by atoms with van der Waals surface area (Å²) in [5.41, 5.74) is 1.26. The van der Waals surface area contributed by atoms with Crippen LogP contribution in [0.3, 0.4) is 0 Å². The molecule has 1 aliphatic heterocycles. The number of nitrogens with one attached hydrogen (secondary N) is 1. The summed E-state index contributed by atoms with van der Waals surface area (Å²) < 4.78 is 31.3. The lowest BCUT2D eigenvalue weighted by atomic mass is 10.2. The maximum Gasteiger partial charge on any atom is 0.164 e. The molecule has 3 aromatic rings. The van der Waals surface area contributed by atoms with Crippen molar-refractivity contribution in [2.75, 3.05) is 51.5 Å².